The maximum Gasteiger partial charge on any atom is 0.255 e. The van der Waals surface area contributed by atoms with Gasteiger partial charge in [-0.05, 0) is 44.0 Å². The van der Waals surface area contributed by atoms with E-state index in [-0.39, 0.29) is 5.91 Å². The van der Waals surface area contributed by atoms with E-state index in [2.05, 4.69) is 60.1 Å². The first kappa shape index (κ1) is 18.4. The average Bonchev–Trinajstić information content (AvgIpc) is 3.29. The van der Waals surface area contributed by atoms with Crippen molar-refractivity contribution in [3.8, 4) is 0 Å². The molecule has 4 nitrogen and oxygen atoms in total. The second-order valence-electron chi connectivity index (χ2n) is 7.60. The third kappa shape index (κ3) is 3.81. The molecule has 3 aromatic rings. The molecule has 1 atom stereocenters. The Morgan fingerprint density at radius 3 is 2.43 bits per heavy atom. The van der Waals surface area contributed by atoms with Crippen LogP contribution in [0.4, 0.5) is 5.69 Å². The molecule has 1 aromatic heterocycles. The minimum absolute atomic E-state index is 0.143. The lowest BCUT2D eigenvalue weighted by atomic mass is 10.2. The predicted octanol–water partition coefficient (Wildman–Crippen LogP) is 4.48. The number of likely N-dealkylation sites (tertiary alicyclic amines) is 1. The second-order valence-corrected chi connectivity index (χ2v) is 7.60. The van der Waals surface area contributed by atoms with Gasteiger partial charge >= 0.3 is 0 Å². The van der Waals surface area contributed by atoms with E-state index in [0.717, 1.165) is 48.7 Å². The summed E-state index contributed by atoms with van der Waals surface area (Å²) in [5, 5.41) is 3.54. The third-order valence-electron chi connectivity index (χ3n) is 5.61. The zero-order valence-electron chi connectivity index (χ0n) is 16.6. The van der Waals surface area contributed by atoms with Gasteiger partial charge in [-0.25, -0.2) is 0 Å². The first-order valence-corrected chi connectivity index (χ1v) is 9.93. The molecule has 1 amide bonds. The van der Waals surface area contributed by atoms with Gasteiger partial charge in [0.1, 0.15) is 0 Å². The van der Waals surface area contributed by atoms with Crippen LogP contribution in [-0.4, -0.2) is 34.5 Å². The van der Waals surface area contributed by atoms with Gasteiger partial charge in [0, 0.05) is 42.8 Å². The molecular formula is C24H27N3O. The fourth-order valence-corrected chi connectivity index (χ4v) is 4.03. The molecule has 0 radical (unpaired) electrons. The highest BCUT2D eigenvalue weighted by Gasteiger charge is 2.29. The smallest absolute Gasteiger partial charge is 0.255 e. The van der Waals surface area contributed by atoms with Crippen molar-refractivity contribution in [3.63, 3.8) is 0 Å². The Balaban J connectivity index is 1.46. The number of hydrogen-bond acceptors (Lipinski definition) is 2. The highest BCUT2D eigenvalue weighted by Crippen LogP contribution is 2.22. The first-order valence-electron chi connectivity index (χ1n) is 9.93. The van der Waals surface area contributed by atoms with Gasteiger partial charge in [-0.15, -0.1) is 0 Å². The van der Waals surface area contributed by atoms with Crippen molar-refractivity contribution >= 4 is 11.6 Å². The van der Waals surface area contributed by atoms with E-state index in [1.54, 1.807) is 0 Å². The van der Waals surface area contributed by atoms with Crippen molar-refractivity contribution in [2.45, 2.75) is 32.9 Å². The molecule has 0 aliphatic carbocycles. The number of aryl methyl sites for hydroxylation is 1. The van der Waals surface area contributed by atoms with Crippen molar-refractivity contribution in [1.29, 1.82) is 0 Å². The number of anilines is 1. The summed E-state index contributed by atoms with van der Waals surface area (Å²) >= 11 is 0. The molecular weight excluding hydrogens is 346 g/mol. The Bertz CT molecular complexity index is 947. The molecule has 1 fully saturated rings. The molecule has 0 bridgehead atoms. The monoisotopic (exact) mass is 373 g/mol. The predicted molar refractivity (Wildman–Crippen MR) is 114 cm³/mol. The van der Waals surface area contributed by atoms with Gasteiger partial charge in [-0.2, -0.15) is 0 Å². The topological polar surface area (TPSA) is 37.3 Å². The Hall–Kier alpha value is -3.01. The van der Waals surface area contributed by atoms with E-state index < -0.39 is 0 Å². The third-order valence-corrected chi connectivity index (χ3v) is 5.61. The second kappa shape index (κ2) is 7.93. The van der Waals surface area contributed by atoms with Crippen LogP contribution < -0.4 is 5.32 Å². The highest BCUT2D eigenvalue weighted by atomic mass is 16.2. The maximum absolute atomic E-state index is 13.2. The zero-order chi connectivity index (χ0) is 19.5. The standard InChI is InChI=1S/C24H27N3O/c1-18-15-23(19(2)27(18)16-20-9-5-3-6-10-20)24(28)26-14-13-22(17-26)25-21-11-7-4-8-12-21/h3-12,15,22,25H,13-14,16-17H2,1-2H3. The average molecular weight is 374 g/mol. The largest absolute Gasteiger partial charge is 0.380 e. The molecule has 1 aliphatic rings. The molecule has 2 heterocycles. The van der Waals surface area contributed by atoms with Gasteiger partial charge in [0.2, 0.25) is 0 Å². The zero-order valence-corrected chi connectivity index (χ0v) is 16.6. The summed E-state index contributed by atoms with van der Waals surface area (Å²) in [4.78, 5) is 15.1. The number of hydrogen-bond donors (Lipinski definition) is 1. The Morgan fingerprint density at radius 2 is 1.71 bits per heavy atom. The highest BCUT2D eigenvalue weighted by molar-refractivity contribution is 5.96. The van der Waals surface area contributed by atoms with Crippen molar-refractivity contribution in [1.82, 2.24) is 9.47 Å². The fraction of sp³-hybridized carbons (Fsp3) is 0.292. The summed E-state index contributed by atoms with van der Waals surface area (Å²) in [6.07, 6.45) is 0.976. The van der Waals surface area contributed by atoms with Crippen molar-refractivity contribution in [2.75, 3.05) is 18.4 Å². The molecule has 0 saturated carbocycles. The fourth-order valence-electron chi connectivity index (χ4n) is 4.03. The van der Waals surface area contributed by atoms with Crippen LogP contribution in [0.2, 0.25) is 0 Å². The van der Waals surface area contributed by atoms with Crippen LogP contribution in [0.5, 0.6) is 0 Å². The van der Waals surface area contributed by atoms with Crippen LogP contribution >= 0.6 is 0 Å². The number of para-hydroxylation sites is 1. The number of carbonyl (C=O) groups excluding carboxylic acids is 1. The van der Waals surface area contributed by atoms with Gasteiger partial charge in [-0.1, -0.05) is 48.5 Å². The molecule has 2 aromatic carbocycles. The summed E-state index contributed by atoms with van der Waals surface area (Å²) in [6.45, 7) is 6.47. The number of benzene rings is 2. The van der Waals surface area contributed by atoms with E-state index in [9.17, 15) is 4.79 Å². The summed E-state index contributed by atoms with van der Waals surface area (Å²) in [5.41, 5.74) is 5.36. The Kier molecular flexibility index (Phi) is 5.20. The quantitative estimate of drug-likeness (QED) is 0.716. The van der Waals surface area contributed by atoms with Crippen molar-refractivity contribution in [3.05, 3.63) is 89.2 Å². The minimum atomic E-state index is 0.143. The molecule has 144 valence electrons. The molecule has 1 N–H and O–H groups in total. The lowest BCUT2D eigenvalue weighted by molar-refractivity contribution is 0.0791. The van der Waals surface area contributed by atoms with E-state index in [4.69, 9.17) is 0 Å². The number of amides is 1. The SMILES string of the molecule is Cc1cc(C(=O)N2CCC(Nc3ccccc3)C2)c(C)n1Cc1ccccc1. The Morgan fingerprint density at radius 1 is 1.04 bits per heavy atom. The van der Waals surface area contributed by atoms with Crippen LogP contribution in [0.25, 0.3) is 0 Å². The van der Waals surface area contributed by atoms with Gasteiger partial charge in [0.05, 0.1) is 5.56 Å². The summed E-state index contributed by atoms with van der Waals surface area (Å²) in [5.74, 6) is 0.143. The molecule has 1 saturated heterocycles. The molecule has 4 heteroatoms. The number of carbonyl (C=O) groups is 1. The summed E-state index contributed by atoms with van der Waals surface area (Å²) in [7, 11) is 0. The number of rotatable bonds is 5. The lowest BCUT2D eigenvalue weighted by Gasteiger charge is -2.18. The van der Waals surface area contributed by atoms with Gasteiger partial charge in [-0.3, -0.25) is 4.79 Å². The van der Waals surface area contributed by atoms with Crippen molar-refractivity contribution < 1.29 is 4.79 Å². The summed E-state index contributed by atoms with van der Waals surface area (Å²) < 4.78 is 2.23. The van der Waals surface area contributed by atoms with Gasteiger partial charge in [0.15, 0.2) is 0 Å². The Labute approximate surface area is 166 Å². The van der Waals surface area contributed by atoms with Crippen LogP contribution in [0.3, 0.4) is 0 Å². The van der Waals surface area contributed by atoms with E-state index in [0.29, 0.717) is 6.04 Å². The van der Waals surface area contributed by atoms with Crippen LogP contribution in [0.1, 0.15) is 33.7 Å². The van der Waals surface area contributed by atoms with Crippen molar-refractivity contribution in [2.24, 2.45) is 0 Å². The summed E-state index contributed by atoms with van der Waals surface area (Å²) in [6, 6.07) is 23.0. The lowest BCUT2D eigenvalue weighted by Crippen LogP contribution is -2.31. The number of nitrogens with zero attached hydrogens (tertiary/aromatic N) is 2. The molecule has 4 rings (SSSR count). The number of nitrogens with one attached hydrogen (secondary N) is 1. The number of aromatic nitrogens is 1. The minimum Gasteiger partial charge on any atom is -0.380 e. The van der Waals surface area contributed by atoms with Crippen LogP contribution in [0.15, 0.2) is 66.7 Å². The van der Waals surface area contributed by atoms with Crippen LogP contribution in [0, 0.1) is 13.8 Å². The van der Waals surface area contributed by atoms with Gasteiger partial charge < -0.3 is 14.8 Å². The maximum atomic E-state index is 13.2. The van der Waals surface area contributed by atoms with E-state index in [1.165, 1.54) is 5.56 Å². The molecule has 0 spiro atoms. The van der Waals surface area contributed by atoms with E-state index in [1.807, 2.05) is 35.2 Å². The first-order chi connectivity index (χ1) is 13.6. The van der Waals surface area contributed by atoms with E-state index >= 15 is 0 Å². The molecule has 1 aliphatic heterocycles. The molecule has 28 heavy (non-hydrogen) atoms. The van der Waals surface area contributed by atoms with Gasteiger partial charge in [0.25, 0.3) is 5.91 Å². The molecule has 1 unspecified atom stereocenters. The van der Waals surface area contributed by atoms with Crippen LogP contribution in [-0.2, 0) is 6.54 Å². The normalized spacial score (nSPS) is 16.4.